The molecular formula is C18H28N2. The van der Waals surface area contributed by atoms with E-state index in [2.05, 4.69) is 34.9 Å². The second-order valence-electron chi connectivity index (χ2n) is 6.48. The number of nitrogens with one attached hydrogen (secondary N) is 2. The summed E-state index contributed by atoms with van der Waals surface area (Å²) in [6.07, 6.45) is 9.97. The molecule has 2 nitrogen and oxygen atoms in total. The Hall–Kier alpha value is -1.02. The fourth-order valence-corrected chi connectivity index (χ4v) is 3.92. The molecule has 0 radical (unpaired) electrons. The second-order valence-corrected chi connectivity index (χ2v) is 6.48. The van der Waals surface area contributed by atoms with Gasteiger partial charge in [-0.1, -0.05) is 37.5 Å². The largest absolute Gasteiger partial charge is 0.385 e. The molecule has 2 N–H and O–H groups in total. The van der Waals surface area contributed by atoms with E-state index in [0.717, 1.165) is 18.4 Å². The van der Waals surface area contributed by atoms with Crippen molar-refractivity contribution in [2.45, 2.75) is 44.9 Å². The van der Waals surface area contributed by atoms with E-state index in [1.54, 1.807) is 0 Å². The molecule has 0 amide bonds. The molecule has 2 unspecified atom stereocenters. The molecule has 1 aromatic carbocycles. The van der Waals surface area contributed by atoms with Crippen LogP contribution in [0.3, 0.4) is 0 Å². The zero-order chi connectivity index (χ0) is 13.6. The molecule has 1 aromatic rings. The van der Waals surface area contributed by atoms with E-state index < -0.39 is 0 Å². The number of fused-ring (bicyclic) bond motifs is 2. The molecule has 0 bridgehead atoms. The van der Waals surface area contributed by atoms with E-state index >= 15 is 0 Å². The first-order chi connectivity index (χ1) is 9.93. The van der Waals surface area contributed by atoms with Crippen LogP contribution in [0.2, 0.25) is 0 Å². The summed E-state index contributed by atoms with van der Waals surface area (Å²) in [6, 6.07) is 8.53. The summed E-state index contributed by atoms with van der Waals surface area (Å²) in [4.78, 5) is 0. The number of hydrogen-bond donors (Lipinski definition) is 2. The van der Waals surface area contributed by atoms with Crippen molar-refractivity contribution in [3.63, 3.8) is 0 Å². The Kier molecular flexibility index (Phi) is 4.96. The van der Waals surface area contributed by atoms with Crippen LogP contribution in [0.4, 0.5) is 5.69 Å². The lowest BCUT2D eigenvalue weighted by Gasteiger charge is -2.35. The van der Waals surface area contributed by atoms with Crippen LogP contribution in [0.25, 0.3) is 0 Å². The van der Waals surface area contributed by atoms with E-state index in [4.69, 9.17) is 0 Å². The maximum absolute atomic E-state index is 3.48. The van der Waals surface area contributed by atoms with Gasteiger partial charge in [-0.05, 0) is 62.2 Å². The molecule has 1 saturated carbocycles. The SMILES string of the molecule is C1CCC2CNCCC2C1.c1ccc2c(c1)CCCN2. The molecule has 1 aliphatic carbocycles. The van der Waals surface area contributed by atoms with Gasteiger partial charge in [-0.25, -0.2) is 0 Å². The van der Waals surface area contributed by atoms with Gasteiger partial charge >= 0.3 is 0 Å². The maximum Gasteiger partial charge on any atom is 0.0372 e. The highest BCUT2D eigenvalue weighted by molar-refractivity contribution is 5.52. The Bertz CT molecular complexity index is 365. The second kappa shape index (κ2) is 7.12. The minimum atomic E-state index is 1.04. The van der Waals surface area contributed by atoms with Gasteiger partial charge < -0.3 is 10.6 Å². The van der Waals surface area contributed by atoms with Crippen LogP contribution in [-0.2, 0) is 6.42 Å². The van der Waals surface area contributed by atoms with Gasteiger partial charge in [-0.2, -0.15) is 0 Å². The van der Waals surface area contributed by atoms with Gasteiger partial charge in [-0.15, -0.1) is 0 Å². The molecule has 4 rings (SSSR count). The van der Waals surface area contributed by atoms with Crippen LogP contribution >= 0.6 is 0 Å². The van der Waals surface area contributed by atoms with Crippen LogP contribution in [0.15, 0.2) is 24.3 Å². The lowest BCUT2D eigenvalue weighted by atomic mass is 9.76. The monoisotopic (exact) mass is 272 g/mol. The minimum Gasteiger partial charge on any atom is -0.385 e. The first-order valence-corrected chi connectivity index (χ1v) is 8.46. The number of para-hydroxylation sites is 1. The molecule has 110 valence electrons. The van der Waals surface area contributed by atoms with Crippen molar-refractivity contribution in [1.82, 2.24) is 5.32 Å². The summed E-state index contributed by atoms with van der Waals surface area (Å²) < 4.78 is 0. The Morgan fingerprint density at radius 2 is 1.70 bits per heavy atom. The molecule has 2 atom stereocenters. The summed E-state index contributed by atoms with van der Waals surface area (Å²) in [7, 11) is 0. The first-order valence-electron chi connectivity index (χ1n) is 8.46. The van der Waals surface area contributed by atoms with Crippen LogP contribution < -0.4 is 10.6 Å². The third kappa shape index (κ3) is 3.54. The summed E-state index contributed by atoms with van der Waals surface area (Å²) in [5.74, 6) is 2.14. The summed E-state index contributed by atoms with van der Waals surface area (Å²) in [5.41, 5.74) is 2.79. The van der Waals surface area contributed by atoms with Gasteiger partial charge in [0.05, 0.1) is 0 Å². The maximum atomic E-state index is 3.48. The topological polar surface area (TPSA) is 24.1 Å². The lowest BCUT2D eigenvalue weighted by Crippen LogP contribution is -2.38. The fourth-order valence-electron chi connectivity index (χ4n) is 3.92. The predicted octanol–water partition coefficient (Wildman–Crippen LogP) is 3.83. The summed E-state index contributed by atoms with van der Waals surface area (Å²) in [6.45, 7) is 3.73. The Labute approximate surface area is 123 Å². The van der Waals surface area contributed by atoms with Crippen molar-refractivity contribution in [2.24, 2.45) is 11.8 Å². The first kappa shape index (κ1) is 13.9. The highest BCUT2D eigenvalue weighted by atomic mass is 14.9. The van der Waals surface area contributed by atoms with Crippen molar-refractivity contribution in [3.8, 4) is 0 Å². The van der Waals surface area contributed by atoms with E-state index in [1.165, 1.54) is 69.3 Å². The van der Waals surface area contributed by atoms with Gasteiger partial charge in [0.25, 0.3) is 0 Å². The van der Waals surface area contributed by atoms with Gasteiger partial charge in [0, 0.05) is 12.2 Å². The van der Waals surface area contributed by atoms with Crippen molar-refractivity contribution >= 4 is 5.69 Å². The standard InChI is InChI=1S/C9H11N.C9H17N/c1-2-6-9-8(4-1)5-3-7-10-9;1-2-4-9-7-10-6-5-8(9)3-1/h1-2,4,6,10H,3,5,7H2;8-10H,1-7H2. The van der Waals surface area contributed by atoms with Gasteiger partial charge in [-0.3, -0.25) is 0 Å². The molecule has 2 heteroatoms. The average Bonchev–Trinajstić information content (AvgIpc) is 2.56. The molecule has 0 aromatic heterocycles. The zero-order valence-electron chi connectivity index (χ0n) is 12.5. The van der Waals surface area contributed by atoms with E-state index in [-0.39, 0.29) is 0 Å². The lowest BCUT2D eigenvalue weighted by molar-refractivity contribution is 0.185. The molecular weight excluding hydrogens is 244 g/mol. The van der Waals surface area contributed by atoms with Crippen LogP contribution in [0, 0.1) is 11.8 Å². The summed E-state index contributed by atoms with van der Waals surface area (Å²) >= 11 is 0. The van der Waals surface area contributed by atoms with Crippen molar-refractivity contribution in [1.29, 1.82) is 0 Å². The van der Waals surface area contributed by atoms with Crippen LogP contribution in [-0.4, -0.2) is 19.6 Å². The number of benzene rings is 1. The third-order valence-electron chi connectivity index (χ3n) is 5.12. The zero-order valence-corrected chi connectivity index (χ0v) is 12.5. The van der Waals surface area contributed by atoms with E-state index in [1.807, 2.05) is 0 Å². The highest BCUT2D eigenvalue weighted by Gasteiger charge is 2.26. The quantitative estimate of drug-likeness (QED) is 0.750. The number of anilines is 1. The minimum absolute atomic E-state index is 1.04. The van der Waals surface area contributed by atoms with Crippen LogP contribution in [0.1, 0.15) is 44.1 Å². The van der Waals surface area contributed by atoms with Gasteiger partial charge in [0.15, 0.2) is 0 Å². The van der Waals surface area contributed by atoms with Crippen molar-refractivity contribution in [3.05, 3.63) is 29.8 Å². The van der Waals surface area contributed by atoms with E-state index in [0.29, 0.717) is 0 Å². The number of rotatable bonds is 0. The smallest absolute Gasteiger partial charge is 0.0372 e. The van der Waals surface area contributed by atoms with Gasteiger partial charge in [0.2, 0.25) is 0 Å². The van der Waals surface area contributed by atoms with Crippen molar-refractivity contribution < 1.29 is 0 Å². The predicted molar refractivity (Wildman–Crippen MR) is 86.2 cm³/mol. The van der Waals surface area contributed by atoms with E-state index in [9.17, 15) is 0 Å². The van der Waals surface area contributed by atoms with Gasteiger partial charge in [0.1, 0.15) is 0 Å². The number of hydrogen-bond acceptors (Lipinski definition) is 2. The molecule has 20 heavy (non-hydrogen) atoms. The van der Waals surface area contributed by atoms with Crippen molar-refractivity contribution in [2.75, 3.05) is 25.0 Å². The molecule has 2 heterocycles. The Morgan fingerprint density at radius 3 is 2.55 bits per heavy atom. The molecule has 0 spiro atoms. The fraction of sp³-hybridized carbons (Fsp3) is 0.667. The highest BCUT2D eigenvalue weighted by Crippen LogP contribution is 2.33. The Balaban J connectivity index is 0.000000121. The molecule has 3 aliphatic rings. The number of aryl methyl sites for hydroxylation is 1. The molecule has 1 saturated heterocycles. The average molecular weight is 272 g/mol. The number of piperidine rings is 1. The summed E-state index contributed by atoms with van der Waals surface area (Å²) in [5, 5.41) is 6.85. The Morgan fingerprint density at radius 1 is 0.850 bits per heavy atom. The normalized spacial score (nSPS) is 28.2. The molecule has 2 aliphatic heterocycles. The molecule has 2 fully saturated rings. The van der Waals surface area contributed by atoms with Crippen LogP contribution in [0.5, 0.6) is 0 Å². The third-order valence-corrected chi connectivity index (χ3v) is 5.12.